The molecule has 8 heteroatoms. The monoisotopic (exact) mass is 331 g/mol. The molecule has 6 nitrogen and oxygen atoms in total. The predicted molar refractivity (Wildman–Crippen MR) is 69.3 cm³/mol. The highest BCUT2D eigenvalue weighted by molar-refractivity contribution is 9.10. The summed E-state index contributed by atoms with van der Waals surface area (Å²) < 4.78 is 28.0. The minimum Gasteiger partial charge on any atom is -0.447 e. The molecule has 1 heterocycles. The maximum absolute atomic E-state index is 11.2. The van der Waals surface area contributed by atoms with E-state index in [9.17, 15) is 8.42 Å². The summed E-state index contributed by atoms with van der Waals surface area (Å²) in [6.07, 6.45) is 2.94. The average Bonchev–Trinajstić information content (AvgIpc) is 2.79. The lowest BCUT2D eigenvalue weighted by Crippen LogP contribution is -2.12. The van der Waals surface area contributed by atoms with Crippen LogP contribution < -0.4 is 10.5 Å². The van der Waals surface area contributed by atoms with Gasteiger partial charge in [0.2, 0.25) is 10.0 Å². The van der Waals surface area contributed by atoms with E-state index in [1.54, 1.807) is 12.3 Å². The van der Waals surface area contributed by atoms with Crippen molar-refractivity contribution in [1.29, 1.82) is 0 Å². The van der Waals surface area contributed by atoms with Crippen LogP contribution in [0.4, 0.5) is 5.69 Å². The number of primary sulfonamides is 1. The molecule has 3 N–H and O–H groups in total. The number of oxazole rings is 1. The fourth-order valence-corrected chi connectivity index (χ4v) is 2.54. The molecule has 0 aliphatic rings. The minimum absolute atomic E-state index is 0.0552. The molecule has 2 aromatic rings. The molecule has 0 bridgehead atoms. The number of aromatic nitrogens is 1. The van der Waals surface area contributed by atoms with Gasteiger partial charge in [0.15, 0.2) is 6.39 Å². The van der Waals surface area contributed by atoms with Gasteiger partial charge in [-0.25, -0.2) is 18.5 Å². The van der Waals surface area contributed by atoms with E-state index in [1.807, 2.05) is 0 Å². The largest absolute Gasteiger partial charge is 0.447 e. The maximum atomic E-state index is 11.2. The lowest BCUT2D eigenvalue weighted by atomic mass is 10.3. The summed E-state index contributed by atoms with van der Waals surface area (Å²) in [6.45, 7) is 0.452. The van der Waals surface area contributed by atoms with Crippen LogP contribution in [0.2, 0.25) is 0 Å². The lowest BCUT2D eigenvalue weighted by Gasteiger charge is -2.08. The summed E-state index contributed by atoms with van der Waals surface area (Å²) in [6, 6.07) is 4.50. The standard InChI is InChI=1S/C10H10BrN3O3S/c11-9-3-8(18(12,15)16)1-2-10(9)14-5-7-4-13-6-17-7/h1-4,6,14H,5H2,(H2,12,15,16). The Bertz CT molecular complexity index is 640. The van der Waals surface area contributed by atoms with E-state index in [2.05, 4.69) is 26.2 Å². The number of nitrogens with zero attached hydrogens (tertiary/aromatic N) is 1. The third-order valence-corrected chi connectivity index (χ3v) is 3.77. The molecule has 1 aromatic carbocycles. The molecule has 0 saturated carbocycles. The first-order valence-corrected chi connectivity index (χ1v) is 7.24. The summed E-state index contributed by atoms with van der Waals surface area (Å²) in [4.78, 5) is 3.84. The Balaban J connectivity index is 2.15. The van der Waals surface area contributed by atoms with Crippen LogP contribution in [0, 0.1) is 0 Å². The van der Waals surface area contributed by atoms with Gasteiger partial charge in [0.05, 0.1) is 17.6 Å². The fourth-order valence-electron chi connectivity index (χ4n) is 1.33. The molecule has 0 atom stereocenters. The molecule has 0 radical (unpaired) electrons. The van der Waals surface area contributed by atoms with Gasteiger partial charge in [-0.1, -0.05) is 0 Å². The van der Waals surface area contributed by atoms with E-state index >= 15 is 0 Å². The summed E-state index contributed by atoms with van der Waals surface area (Å²) >= 11 is 3.28. The van der Waals surface area contributed by atoms with Crippen molar-refractivity contribution in [1.82, 2.24) is 4.98 Å². The molecule has 0 aliphatic carbocycles. The third kappa shape index (κ3) is 3.09. The normalized spacial score (nSPS) is 11.4. The first-order valence-electron chi connectivity index (χ1n) is 4.90. The van der Waals surface area contributed by atoms with Crippen LogP contribution in [0.1, 0.15) is 5.76 Å². The van der Waals surface area contributed by atoms with Gasteiger partial charge in [0.1, 0.15) is 5.76 Å². The molecule has 0 spiro atoms. The number of rotatable bonds is 4. The number of sulfonamides is 1. The fraction of sp³-hybridized carbons (Fsp3) is 0.100. The smallest absolute Gasteiger partial charge is 0.238 e. The highest BCUT2D eigenvalue weighted by atomic mass is 79.9. The molecule has 0 fully saturated rings. The lowest BCUT2D eigenvalue weighted by molar-refractivity contribution is 0.511. The molecular weight excluding hydrogens is 322 g/mol. The van der Waals surface area contributed by atoms with Gasteiger partial charge in [0, 0.05) is 10.2 Å². The highest BCUT2D eigenvalue weighted by Crippen LogP contribution is 2.25. The van der Waals surface area contributed by atoms with Crippen molar-refractivity contribution in [2.45, 2.75) is 11.4 Å². The Morgan fingerprint density at radius 2 is 2.22 bits per heavy atom. The van der Waals surface area contributed by atoms with Crippen LogP contribution in [-0.2, 0) is 16.6 Å². The third-order valence-electron chi connectivity index (χ3n) is 2.21. The number of hydrogen-bond acceptors (Lipinski definition) is 5. The van der Waals surface area contributed by atoms with E-state index in [-0.39, 0.29) is 4.90 Å². The van der Waals surface area contributed by atoms with E-state index < -0.39 is 10.0 Å². The van der Waals surface area contributed by atoms with Gasteiger partial charge in [0.25, 0.3) is 0 Å². The number of hydrogen-bond donors (Lipinski definition) is 2. The Labute approximate surface area is 112 Å². The van der Waals surface area contributed by atoms with Crippen molar-refractivity contribution < 1.29 is 12.8 Å². The van der Waals surface area contributed by atoms with Crippen molar-refractivity contribution >= 4 is 31.6 Å². The van der Waals surface area contributed by atoms with Crippen LogP contribution in [-0.4, -0.2) is 13.4 Å². The summed E-state index contributed by atoms with van der Waals surface area (Å²) in [5.41, 5.74) is 0.735. The second-order valence-corrected chi connectivity index (χ2v) is 5.92. The van der Waals surface area contributed by atoms with Crippen LogP contribution in [0.15, 0.2) is 44.6 Å². The maximum Gasteiger partial charge on any atom is 0.238 e. The van der Waals surface area contributed by atoms with Gasteiger partial charge in [-0.3, -0.25) is 0 Å². The van der Waals surface area contributed by atoms with Crippen molar-refractivity contribution in [3.8, 4) is 0 Å². The number of nitrogens with two attached hydrogens (primary N) is 1. The van der Waals surface area contributed by atoms with E-state index in [4.69, 9.17) is 9.56 Å². The Hall–Kier alpha value is -1.38. The van der Waals surface area contributed by atoms with E-state index in [1.165, 1.54) is 18.5 Å². The molecule has 0 aliphatic heterocycles. The Morgan fingerprint density at radius 3 is 2.78 bits per heavy atom. The topological polar surface area (TPSA) is 98.2 Å². The number of nitrogens with one attached hydrogen (secondary N) is 1. The zero-order valence-corrected chi connectivity index (χ0v) is 11.5. The summed E-state index contributed by atoms with van der Waals surface area (Å²) in [5.74, 6) is 0.678. The summed E-state index contributed by atoms with van der Waals surface area (Å²) in [7, 11) is -3.69. The van der Waals surface area contributed by atoms with Gasteiger partial charge in [-0.2, -0.15) is 0 Å². The zero-order valence-electron chi connectivity index (χ0n) is 9.13. The number of anilines is 1. The quantitative estimate of drug-likeness (QED) is 0.888. The van der Waals surface area contributed by atoms with Crippen LogP contribution in [0.3, 0.4) is 0 Å². The first kappa shape index (κ1) is 13.1. The first-order chi connectivity index (χ1) is 8.47. The van der Waals surface area contributed by atoms with Crippen molar-refractivity contribution in [2.75, 3.05) is 5.32 Å². The van der Waals surface area contributed by atoms with Crippen LogP contribution in [0.25, 0.3) is 0 Å². The van der Waals surface area contributed by atoms with Crippen molar-refractivity contribution in [3.05, 3.63) is 41.0 Å². The molecule has 96 valence electrons. The van der Waals surface area contributed by atoms with Gasteiger partial charge in [-0.05, 0) is 34.1 Å². The number of halogens is 1. The Kier molecular flexibility index (Phi) is 3.69. The zero-order chi connectivity index (χ0) is 13.2. The predicted octanol–water partition coefficient (Wildman–Crippen LogP) is 1.70. The number of benzene rings is 1. The van der Waals surface area contributed by atoms with Gasteiger partial charge >= 0.3 is 0 Å². The second kappa shape index (κ2) is 5.09. The van der Waals surface area contributed by atoms with Gasteiger partial charge in [-0.15, -0.1) is 0 Å². The molecule has 0 amide bonds. The molecule has 18 heavy (non-hydrogen) atoms. The van der Waals surface area contributed by atoms with E-state index in [0.717, 1.165) is 5.69 Å². The Morgan fingerprint density at radius 1 is 1.44 bits per heavy atom. The second-order valence-electron chi connectivity index (χ2n) is 3.51. The average molecular weight is 332 g/mol. The van der Waals surface area contributed by atoms with E-state index in [0.29, 0.717) is 16.8 Å². The molecule has 2 rings (SSSR count). The van der Waals surface area contributed by atoms with Crippen LogP contribution >= 0.6 is 15.9 Å². The van der Waals surface area contributed by atoms with Gasteiger partial charge < -0.3 is 9.73 Å². The highest BCUT2D eigenvalue weighted by Gasteiger charge is 2.10. The molecule has 0 saturated heterocycles. The SMILES string of the molecule is NS(=O)(=O)c1ccc(NCc2cnco2)c(Br)c1. The molecule has 1 aromatic heterocycles. The van der Waals surface area contributed by atoms with Crippen molar-refractivity contribution in [3.63, 3.8) is 0 Å². The molecule has 0 unspecified atom stereocenters. The van der Waals surface area contributed by atoms with Crippen molar-refractivity contribution in [2.24, 2.45) is 5.14 Å². The molecular formula is C10H10BrN3O3S. The van der Waals surface area contributed by atoms with Crippen LogP contribution in [0.5, 0.6) is 0 Å². The summed E-state index contributed by atoms with van der Waals surface area (Å²) in [5, 5.41) is 8.11. The minimum atomic E-state index is -3.69.